The smallest absolute Gasteiger partial charge is 0.311 e. The number of nitro groups is 1. The molecule has 3 rings (SSSR count). The van der Waals surface area contributed by atoms with E-state index in [2.05, 4.69) is 4.98 Å². The van der Waals surface area contributed by atoms with Crippen molar-refractivity contribution in [1.29, 1.82) is 0 Å². The first-order valence-electron chi connectivity index (χ1n) is 7.85. The highest BCUT2D eigenvalue weighted by Crippen LogP contribution is 2.33. The minimum atomic E-state index is -0.620. The van der Waals surface area contributed by atoms with Gasteiger partial charge in [0.05, 0.1) is 24.8 Å². The number of aromatic hydroxyl groups is 1. The van der Waals surface area contributed by atoms with Gasteiger partial charge >= 0.3 is 5.69 Å². The van der Waals surface area contributed by atoms with E-state index in [0.29, 0.717) is 17.1 Å². The Kier molecular flexibility index (Phi) is 5.37. The lowest BCUT2D eigenvalue weighted by atomic mass is 10.1. The Labute approximate surface area is 159 Å². The Morgan fingerprint density at radius 2 is 1.89 bits per heavy atom. The second kappa shape index (κ2) is 7.88. The molecule has 0 saturated heterocycles. The molecule has 0 amide bonds. The quantitative estimate of drug-likeness (QED) is 0.492. The van der Waals surface area contributed by atoms with Gasteiger partial charge in [0.2, 0.25) is 0 Å². The Bertz CT molecular complexity index is 1010. The third-order valence-corrected chi connectivity index (χ3v) is 4.63. The number of phenols is 1. The number of hydrogen-bond donors (Lipinski definition) is 1. The van der Waals surface area contributed by atoms with E-state index >= 15 is 0 Å². The summed E-state index contributed by atoms with van der Waals surface area (Å²) in [5.41, 5.74) is 1.95. The molecule has 0 bridgehead atoms. The average molecular weight is 384 g/mol. The molecule has 0 unspecified atom stereocenters. The predicted molar refractivity (Wildman–Crippen MR) is 104 cm³/mol. The first-order chi connectivity index (χ1) is 13.0. The highest BCUT2D eigenvalue weighted by molar-refractivity contribution is 7.10. The second-order valence-corrected chi connectivity index (χ2v) is 6.37. The molecule has 0 aliphatic heterocycles. The molecule has 3 aromatic rings. The standard InChI is InChI=1S/C19H16N2O5S/c1-25-17-7-5-13(10-18(17)26-2)14-11-27-19(20-14)8-4-12-3-6-16(22)15(9-12)21(23)24/h3-11,22H,1-2H3/b8-4+. The third kappa shape index (κ3) is 4.06. The zero-order valence-corrected chi connectivity index (χ0v) is 15.4. The Morgan fingerprint density at radius 1 is 1.11 bits per heavy atom. The molecule has 0 spiro atoms. The molecule has 1 heterocycles. The number of phenolic OH excluding ortho intramolecular Hbond substituents is 1. The zero-order chi connectivity index (χ0) is 19.4. The van der Waals surface area contributed by atoms with Gasteiger partial charge in [-0.25, -0.2) is 4.98 Å². The van der Waals surface area contributed by atoms with E-state index in [1.165, 1.54) is 23.5 Å². The molecule has 0 aliphatic rings. The summed E-state index contributed by atoms with van der Waals surface area (Å²) in [6, 6.07) is 9.78. The first-order valence-corrected chi connectivity index (χ1v) is 8.73. The van der Waals surface area contributed by atoms with Crippen LogP contribution in [0.3, 0.4) is 0 Å². The lowest BCUT2D eigenvalue weighted by Gasteiger charge is -2.08. The van der Waals surface area contributed by atoms with Gasteiger partial charge in [-0.15, -0.1) is 11.3 Å². The van der Waals surface area contributed by atoms with Crippen molar-refractivity contribution < 1.29 is 19.5 Å². The van der Waals surface area contributed by atoms with Crippen LogP contribution in [0.1, 0.15) is 10.6 Å². The van der Waals surface area contributed by atoms with Gasteiger partial charge < -0.3 is 14.6 Å². The van der Waals surface area contributed by atoms with Crippen LogP contribution in [-0.4, -0.2) is 29.2 Å². The Morgan fingerprint density at radius 3 is 2.59 bits per heavy atom. The van der Waals surface area contributed by atoms with Gasteiger partial charge in [0.15, 0.2) is 17.2 Å². The van der Waals surface area contributed by atoms with E-state index < -0.39 is 4.92 Å². The number of methoxy groups -OCH3 is 2. The summed E-state index contributed by atoms with van der Waals surface area (Å²) in [5.74, 6) is 0.907. The van der Waals surface area contributed by atoms with Crippen LogP contribution in [0.4, 0.5) is 5.69 Å². The summed E-state index contributed by atoms with van der Waals surface area (Å²) in [5, 5.41) is 23.1. The highest BCUT2D eigenvalue weighted by Gasteiger charge is 2.13. The maximum absolute atomic E-state index is 10.9. The molecule has 1 aromatic heterocycles. The fourth-order valence-electron chi connectivity index (χ4n) is 2.45. The van der Waals surface area contributed by atoms with Gasteiger partial charge in [0.25, 0.3) is 0 Å². The van der Waals surface area contributed by atoms with Crippen LogP contribution in [0, 0.1) is 10.1 Å². The monoisotopic (exact) mass is 384 g/mol. The minimum absolute atomic E-state index is 0.331. The van der Waals surface area contributed by atoms with E-state index in [1.54, 1.807) is 32.4 Å². The fraction of sp³-hybridized carbons (Fsp3) is 0.105. The normalized spacial score (nSPS) is 10.9. The molecule has 8 heteroatoms. The maximum Gasteiger partial charge on any atom is 0.311 e. The van der Waals surface area contributed by atoms with Crippen LogP contribution >= 0.6 is 11.3 Å². The van der Waals surface area contributed by atoms with Crippen LogP contribution in [0.25, 0.3) is 23.4 Å². The van der Waals surface area contributed by atoms with Gasteiger partial charge in [0.1, 0.15) is 5.01 Å². The Balaban J connectivity index is 1.83. The summed E-state index contributed by atoms with van der Waals surface area (Å²) >= 11 is 1.45. The highest BCUT2D eigenvalue weighted by atomic mass is 32.1. The van der Waals surface area contributed by atoms with Crippen molar-refractivity contribution in [2.24, 2.45) is 0 Å². The first kappa shape index (κ1) is 18.4. The summed E-state index contributed by atoms with van der Waals surface area (Å²) in [4.78, 5) is 14.8. The van der Waals surface area contributed by atoms with E-state index in [4.69, 9.17) is 9.47 Å². The van der Waals surface area contributed by atoms with Gasteiger partial charge in [-0.1, -0.05) is 12.1 Å². The van der Waals surface area contributed by atoms with Crippen molar-refractivity contribution in [2.75, 3.05) is 14.2 Å². The largest absolute Gasteiger partial charge is 0.502 e. The molecular formula is C19H16N2O5S. The number of rotatable bonds is 6. The molecule has 0 fully saturated rings. The van der Waals surface area contributed by atoms with Crippen LogP contribution in [0.5, 0.6) is 17.2 Å². The topological polar surface area (TPSA) is 94.7 Å². The number of benzene rings is 2. The van der Waals surface area contributed by atoms with Crippen LogP contribution in [-0.2, 0) is 0 Å². The minimum Gasteiger partial charge on any atom is -0.502 e. The number of nitrogens with zero attached hydrogens (tertiary/aromatic N) is 2. The SMILES string of the molecule is COc1ccc(-c2csc(/C=C/c3ccc(O)c([N+](=O)[O-])c3)n2)cc1OC. The molecule has 0 saturated carbocycles. The van der Waals surface area contributed by atoms with Crippen molar-refractivity contribution >= 4 is 29.2 Å². The molecule has 138 valence electrons. The number of hydrogen-bond acceptors (Lipinski definition) is 7. The molecule has 1 N–H and O–H groups in total. The van der Waals surface area contributed by atoms with Gasteiger partial charge in [-0.2, -0.15) is 0 Å². The lowest BCUT2D eigenvalue weighted by molar-refractivity contribution is -0.385. The number of aromatic nitrogens is 1. The average Bonchev–Trinajstić information content (AvgIpc) is 3.15. The van der Waals surface area contributed by atoms with Gasteiger partial charge in [0, 0.05) is 17.0 Å². The van der Waals surface area contributed by atoms with E-state index in [-0.39, 0.29) is 11.4 Å². The van der Waals surface area contributed by atoms with Crippen LogP contribution < -0.4 is 9.47 Å². The summed E-state index contributed by atoms with van der Waals surface area (Å²) in [6.45, 7) is 0. The van der Waals surface area contributed by atoms with Crippen molar-refractivity contribution in [1.82, 2.24) is 4.98 Å². The van der Waals surface area contributed by atoms with Crippen molar-refractivity contribution in [3.63, 3.8) is 0 Å². The molecule has 0 radical (unpaired) electrons. The van der Waals surface area contributed by atoms with Gasteiger partial charge in [-0.3, -0.25) is 10.1 Å². The zero-order valence-electron chi connectivity index (χ0n) is 14.6. The van der Waals surface area contributed by atoms with Crippen LogP contribution in [0.15, 0.2) is 41.8 Å². The van der Waals surface area contributed by atoms with Crippen molar-refractivity contribution in [3.8, 4) is 28.5 Å². The van der Waals surface area contributed by atoms with Gasteiger partial charge in [-0.05, 0) is 35.9 Å². The summed E-state index contributed by atoms with van der Waals surface area (Å²) in [6.07, 6.45) is 3.48. The molecule has 0 atom stereocenters. The number of ether oxygens (including phenoxy) is 2. The third-order valence-electron chi connectivity index (χ3n) is 3.82. The Hall–Kier alpha value is -3.39. The van der Waals surface area contributed by atoms with Crippen molar-refractivity contribution in [3.05, 3.63) is 62.5 Å². The molecule has 7 nitrogen and oxygen atoms in total. The molecule has 27 heavy (non-hydrogen) atoms. The van der Waals surface area contributed by atoms with E-state index in [0.717, 1.165) is 16.3 Å². The predicted octanol–water partition coefficient (Wildman–Crippen LogP) is 4.61. The number of nitro benzene ring substituents is 1. The summed E-state index contributed by atoms with van der Waals surface area (Å²) < 4.78 is 10.5. The second-order valence-electron chi connectivity index (χ2n) is 5.48. The van der Waals surface area contributed by atoms with E-state index in [9.17, 15) is 15.2 Å². The fourth-order valence-corrected chi connectivity index (χ4v) is 3.17. The lowest BCUT2D eigenvalue weighted by Crippen LogP contribution is -1.90. The van der Waals surface area contributed by atoms with Crippen LogP contribution in [0.2, 0.25) is 0 Å². The summed E-state index contributed by atoms with van der Waals surface area (Å²) in [7, 11) is 3.16. The number of thiazole rings is 1. The van der Waals surface area contributed by atoms with E-state index in [1.807, 2.05) is 23.6 Å². The molecule has 2 aromatic carbocycles. The molecule has 0 aliphatic carbocycles. The maximum atomic E-state index is 10.9. The molecular weight excluding hydrogens is 368 g/mol. The van der Waals surface area contributed by atoms with Crippen molar-refractivity contribution in [2.45, 2.75) is 0 Å².